The van der Waals surface area contributed by atoms with Gasteiger partial charge < -0.3 is 19.5 Å². The zero-order valence-corrected chi connectivity index (χ0v) is 16.1. The Morgan fingerprint density at radius 1 is 1.15 bits per heavy atom. The smallest absolute Gasteiger partial charge is 0.407 e. The van der Waals surface area contributed by atoms with E-state index < -0.39 is 29.7 Å². The van der Waals surface area contributed by atoms with Gasteiger partial charge in [0, 0.05) is 12.6 Å². The molecule has 1 aromatic rings. The van der Waals surface area contributed by atoms with Crippen LogP contribution in [0.5, 0.6) is 0 Å². The van der Waals surface area contributed by atoms with Crippen molar-refractivity contribution in [3.8, 4) is 0 Å². The molecule has 0 saturated heterocycles. The minimum Gasteiger partial charge on any atom is -0.461 e. The molecule has 1 amide bonds. The summed E-state index contributed by atoms with van der Waals surface area (Å²) in [5.74, 6) is -1.25. The highest BCUT2D eigenvalue weighted by Gasteiger charge is 2.24. The van der Waals surface area contributed by atoms with Gasteiger partial charge >= 0.3 is 18.0 Å². The number of rotatable bonds is 7. The van der Waals surface area contributed by atoms with E-state index in [9.17, 15) is 14.4 Å². The molecular weight excluding hydrogens is 342 g/mol. The quantitative estimate of drug-likeness (QED) is 0.580. The number of hydrogen-bond donors (Lipinski definition) is 1. The fourth-order valence-corrected chi connectivity index (χ4v) is 2.02. The van der Waals surface area contributed by atoms with Crippen molar-refractivity contribution < 1.29 is 28.6 Å². The number of alkyl carbamates (subject to hydrolysis) is 1. The van der Waals surface area contributed by atoms with E-state index >= 15 is 0 Å². The van der Waals surface area contributed by atoms with E-state index in [0.717, 1.165) is 0 Å². The van der Waals surface area contributed by atoms with Crippen LogP contribution in [0.15, 0.2) is 6.07 Å². The number of carbonyl (C=O) groups is 3. The van der Waals surface area contributed by atoms with Gasteiger partial charge in [0.15, 0.2) is 5.69 Å². The molecule has 0 spiro atoms. The highest BCUT2D eigenvalue weighted by atomic mass is 16.6. The topological polar surface area (TPSA) is 109 Å². The number of esters is 2. The fraction of sp³-hybridized carbons (Fsp3) is 0.647. The number of nitrogens with zero attached hydrogens (tertiary/aromatic N) is 2. The van der Waals surface area contributed by atoms with E-state index in [1.165, 1.54) is 10.7 Å². The van der Waals surface area contributed by atoms with E-state index in [2.05, 4.69) is 10.4 Å². The van der Waals surface area contributed by atoms with Crippen LogP contribution >= 0.6 is 0 Å². The monoisotopic (exact) mass is 369 g/mol. The van der Waals surface area contributed by atoms with E-state index in [1.54, 1.807) is 41.5 Å². The molecule has 0 aliphatic rings. The van der Waals surface area contributed by atoms with Crippen molar-refractivity contribution in [2.24, 2.45) is 0 Å². The van der Waals surface area contributed by atoms with Gasteiger partial charge in [-0.15, -0.1) is 0 Å². The molecule has 0 radical (unpaired) electrons. The molecule has 0 aliphatic carbocycles. The lowest BCUT2D eigenvalue weighted by molar-refractivity contribution is 0.0496. The number of hydrogen-bond acceptors (Lipinski definition) is 7. The van der Waals surface area contributed by atoms with E-state index in [4.69, 9.17) is 14.2 Å². The molecule has 0 unspecified atom stereocenters. The molecule has 146 valence electrons. The van der Waals surface area contributed by atoms with Crippen molar-refractivity contribution >= 4 is 18.0 Å². The van der Waals surface area contributed by atoms with E-state index in [-0.39, 0.29) is 31.1 Å². The van der Waals surface area contributed by atoms with Crippen molar-refractivity contribution in [3.05, 3.63) is 17.5 Å². The zero-order valence-electron chi connectivity index (χ0n) is 16.1. The van der Waals surface area contributed by atoms with Crippen LogP contribution in [0.1, 0.15) is 68.6 Å². The van der Waals surface area contributed by atoms with Crippen molar-refractivity contribution in [2.45, 2.75) is 53.2 Å². The second-order valence-corrected chi connectivity index (χ2v) is 6.53. The number of ether oxygens (including phenoxy) is 3. The number of carbonyl (C=O) groups excluding carboxylic acids is 3. The summed E-state index contributed by atoms with van der Waals surface area (Å²) in [4.78, 5) is 35.8. The van der Waals surface area contributed by atoms with Gasteiger partial charge in [0.2, 0.25) is 0 Å². The third kappa shape index (κ3) is 6.38. The minimum absolute atomic E-state index is 0.000906. The van der Waals surface area contributed by atoms with Gasteiger partial charge in [-0.3, -0.25) is 4.68 Å². The first-order chi connectivity index (χ1) is 12.1. The second-order valence-electron chi connectivity index (χ2n) is 6.53. The fourth-order valence-electron chi connectivity index (χ4n) is 2.02. The molecule has 0 aromatic carbocycles. The Balaban J connectivity index is 2.95. The van der Waals surface area contributed by atoms with Crippen molar-refractivity contribution in [1.82, 2.24) is 15.1 Å². The minimum atomic E-state index is -0.635. The van der Waals surface area contributed by atoms with Crippen molar-refractivity contribution in [3.63, 3.8) is 0 Å². The second kappa shape index (κ2) is 9.21. The largest absolute Gasteiger partial charge is 0.461 e. The molecule has 0 saturated carbocycles. The first-order valence-corrected chi connectivity index (χ1v) is 8.49. The Hall–Kier alpha value is -2.58. The van der Waals surface area contributed by atoms with Crippen LogP contribution in [-0.2, 0) is 14.2 Å². The Kier molecular flexibility index (Phi) is 7.60. The Labute approximate surface area is 153 Å². The van der Waals surface area contributed by atoms with Gasteiger partial charge in [-0.2, -0.15) is 5.10 Å². The van der Waals surface area contributed by atoms with Gasteiger partial charge in [0.1, 0.15) is 11.3 Å². The van der Waals surface area contributed by atoms with Gasteiger partial charge in [-0.25, -0.2) is 14.4 Å². The summed E-state index contributed by atoms with van der Waals surface area (Å²) in [6, 6.07) is 0.894. The number of amides is 1. The van der Waals surface area contributed by atoms with Crippen molar-refractivity contribution in [1.29, 1.82) is 0 Å². The lowest BCUT2D eigenvalue weighted by Gasteiger charge is -2.21. The average Bonchev–Trinajstić information content (AvgIpc) is 2.97. The lowest BCUT2D eigenvalue weighted by Crippen LogP contribution is -2.36. The molecule has 0 bridgehead atoms. The Morgan fingerprint density at radius 2 is 1.73 bits per heavy atom. The maximum Gasteiger partial charge on any atom is 0.407 e. The molecule has 1 heterocycles. The van der Waals surface area contributed by atoms with Crippen LogP contribution in [0.4, 0.5) is 4.79 Å². The summed E-state index contributed by atoms with van der Waals surface area (Å²) in [6.45, 7) is 10.9. The molecule has 9 heteroatoms. The number of aromatic nitrogens is 2. The highest BCUT2D eigenvalue weighted by Crippen LogP contribution is 2.14. The summed E-state index contributed by atoms with van der Waals surface area (Å²) in [5, 5.41) is 6.74. The van der Waals surface area contributed by atoms with Gasteiger partial charge in [0.25, 0.3) is 0 Å². The van der Waals surface area contributed by atoms with Crippen LogP contribution in [-0.4, -0.2) is 53.2 Å². The Morgan fingerprint density at radius 3 is 2.27 bits per heavy atom. The number of nitrogens with one attached hydrogen (secondary N) is 1. The van der Waals surface area contributed by atoms with Crippen LogP contribution in [0.2, 0.25) is 0 Å². The molecule has 0 aliphatic heterocycles. The van der Waals surface area contributed by atoms with Gasteiger partial charge in [0.05, 0.1) is 19.3 Å². The Bertz CT molecular complexity index is 647. The van der Waals surface area contributed by atoms with Crippen LogP contribution in [0.25, 0.3) is 0 Å². The molecular formula is C17H27N3O6. The summed E-state index contributed by atoms with van der Waals surface area (Å²) < 4.78 is 16.4. The maximum absolute atomic E-state index is 12.1. The van der Waals surface area contributed by atoms with Gasteiger partial charge in [-0.1, -0.05) is 0 Å². The summed E-state index contributed by atoms with van der Waals surface area (Å²) in [5.41, 5.74) is -0.515. The SMILES string of the molecule is CCOC(=O)c1cc(C(=O)OCC)n([C@@H](C)CNC(=O)OC(C)(C)C)n1. The molecule has 1 atom stereocenters. The van der Waals surface area contributed by atoms with Crippen LogP contribution in [0.3, 0.4) is 0 Å². The predicted octanol–water partition coefficient (Wildman–Crippen LogP) is 2.32. The van der Waals surface area contributed by atoms with E-state index in [1.807, 2.05) is 0 Å². The maximum atomic E-state index is 12.1. The van der Waals surface area contributed by atoms with Crippen molar-refractivity contribution in [2.75, 3.05) is 19.8 Å². The average molecular weight is 369 g/mol. The van der Waals surface area contributed by atoms with Crippen LogP contribution in [0, 0.1) is 0 Å². The first-order valence-electron chi connectivity index (χ1n) is 8.49. The van der Waals surface area contributed by atoms with Crippen LogP contribution < -0.4 is 5.32 Å². The molecule has 1 rings (SSSR count). The summed E-state index contributed by atoms with van der Waals surface area (Å²) in [7, 11) is 0. The first kappa shape index (κ1) is 21.5. The summed E-state index contributed by atoms with van der Waals surface area (Å²) >= 11 is 0. The molecule has 26 heavy (non-hydrogen) atoms. The normalized spacial score (nSPS) is 12.2. The predicted molar refractivity (Wildman–Crippen MR) is 93.1 cm³/mol. The van der Waals surface area contributed by atoms with Gasteiger partial charge in [-0.05, 0) is 41.5 Å². The third-order valence-electron chi connectivity index (χ3n) is 3.06. The molecule has 1 aromatic heterocycles. The lowest BCUT2D eigenvalue weighted by atomic mass is 10.2. The standard InChI is InChI=1S/C17H27N3O6/c1-7-24-14(21)12-9-13(15(22)25-8-2)20(19-12)11(3)10-18-16(23)26-17(4,5)6/h9,11H,7-8,10H2,1-6H3,(H,18,23)/t11-/m0/s1. The highest BCUT2D eigenvalue weighted by molar-refractivity contribution is 5.93. The zero-order chi connectivity index (χ0) is 19.9. The molecule has 0 fully saturated rings. The third-order valence-corrected chi connectivity index (χ3v) is 3.06. The molecule has 9 nitrogen and oxygen atoms in total. The summed E-state index contributed by atoms with van der Waals surface area (Å²) in [6.07, 6.45) is -0.584. The molecule has 1 N–H and O–H groups in total. The van der Waals surface area contributed by atoms with E-state index in [0.29, 0.717) is 0 Å².